The van der Waals surface area contributed by atoms with Gasteiger partial charge in [0.15, 0.2) is 16.6 Å². The number of aliphatic imine (C=N–C) groups is 1. The van der Waals surface area contributed by atoms with Crippen LogP contribution in [0.4, 0.5) is 0 Å². The van der Waals surface area contributed by atoms with Crippen LogP contribution in [0.5, 0.6) is 11.5 Å². The summed E-state index contributed by atoms with van der Waals surface area (Å²) in [6, 6.07) is 9.65. The number of amidine groups is 1. The highest BCUT2D eigenvalue weighted by atomic mass is 35.5. The van der Waals surface area contributed by atoms with Crippen molar-refractivity contribution in [3.05, 3.63) is 52.0 Å². The van der Waals surface area contributed by atoms with Crippen LogP contribution in [0.1, 0.15) is 12.5 Å². The van der Waals surface area contributed by atoms with Crippen molar-refractivity contribution < 1.29 is 18.0 Å². The van der Waals surface area contributed by atoms with Crippen molar-refractivity contribution >= 4 is 38.9 Å². The monoisotopic (exact) mass is 414 g/mol. The van der Waals surface area contributed by atoms with Crippen molar-refractivity contribution in [1.82, 2.24) is 5.48 Å². The zero-order valence-electron chi connectivity index (χ0n) is 13.8. The molecule has 6 nitrogen and oxygen atoms in total. The molecule has 0 amide bonds. The van der Waals surface area contributed by atoms with Gasteiger partial charge in [-0.3, -0.25) is 10.3 Å². The van der Waals surface area contributed by atoms with Gasteiger partial charge in [0.05, 0.1) is 15.7 Å². The number of hydroxylamine groups is 1. The molecule has 0 radical (unpaired) electrons. The predicted octanol–water partition coefficient (Wildman–Crippen LogP) is 4.01. The second-order valence-electron chi connectivity index (χ2n) is 5.55. The molecule has 2 aromatic rings. The molecule has 1 N–H and O–H groups in total. The Morgan fingerprint density at radius 2 is 2.04 bits per heavy atom. The van der Waals surface area contributed by atoms with Crippen molar-refractivity contribution in [2.75, 3.05) is 12.5 Å². The van der Waals surface area contributed by atoms with E-state index in [-0.39, 0.29) is 22.4 Å². The van der Waals surface area contributed by atoms with Crippen LogP contribution in [0, 0.1) is 0 Å². The number of hydrogen-bond donors (Lipinski definition) is 1. The van der Waals surface area contributed by atoms with Gasteiger partial charge < -0.3 is 4.74 Å². The van der Waals surface area contributed by atoms with E-state index >= 15 is 0 Å². The third-order valence-corrected chi connectivity index (χ3v) is 5.93. The third kappa shape index (κ3) is 4.48. The third-order valence-electron chi connectivity index (χ3n) is 3.68. The van der Waals surface area contributed by atoms with Crippen molar-refractivity contribution in [2.24, 2.45) is 4.99 Å². The number of nitrogens with zero attached hydrogens (tertiary/aromatic N) is 1. The average Bonchev–Trinajstić information content (AvgIpc) is 3.09. The molecule has 0 saturated heterocycles. The molecule has 1 aliphatic heterocycles. The summed E-state index contributed by atoms with van der Waals surface area (Å²) < 4.78 is 29.7. The minimum absolute atomic E-state index is 0.00280. The van der Waals surface area contributed by atoms with Crippen LogP contribution in [-0.2, 0) is 21.1 Å². The Hall–Kier alpha value is -1.80. The minimum atomic E-state index is -3.33. The molecule has 1 aliphatic rings. The molecular formula is C17H16Cl2N2O4S. The molecule has 0 atom stereocenters. The number of nitrogens with one attached hydrogen (secondary N) is 1. The summed E-state index contributed by atoms with van der Waals surface area (Å²) >= 11 is 12.4. The maximum atomic E-state index is 11.9. The molecule has 0 bridgehead atoms. The normalized spacial score (nSPS) is 14.0. The Kier molecular flexibility index (Phi) is 5.72. The highest BCUT2D eigenvalue weighted by molar-refractivity contribution is 7.91. The van der Waals surface area contributed by atoms with Crippen molar-refractivity contribution in [2.45, 2.75) is 18.2 Å². The lowest BCUT2D eigenvalue weighted by atomic mass is 10.1. The number of hydrogen-bond acceptors (Lipinski definition) is 6. The summed E-state index contributed by atoms with van der Waals surface area (Å²) in [5.41, 5.74) is 3.60. The molecule has 0 aromatic heterocycles. The Balaban J connectivity index is 1.83. The van der Waals surface area contributed by atoms with Gasteiger partial charge in [0, 0.05) is 11.4 Å². The first kappa shape index (κ1) is 19.0. The first-order valence-corrected chi connectivity index (χ1v) is 10.2. The molecular weight excluding hydrogens is 399 g/mol. The summed E-state index contributed by atoms with van der Waals surface area (Å²) in [5.74, 6) is 1.53. The van der Waals surface area contributed by atoms with Gasteiger partial charge in [-0.1, -0.05) is 30.1 Å². The van der Waals surface area contributed by atoms with Crippen molar-refractivity contribution in [3.63, 3.8) is 0 Å². The summed E-state index contributed by atoms with van der Waals surface area (Å²) in [4.78, 5) is 9.28. The van der Waals surface area contributed by atoms with Crippen LogP contribution in [0.3, 0.4) is 0 Å². The highest BCUT2D eigenvalue weighted by Crippen LogP contribution is 2.33. The first-order valence-electron chi connectivity index (χ1n) is 7.78. The largest absolute Gasteiger partial charge is 0.456 e. The van der Waals surface area contributed by atoms with Gasteiger partial charge in [0.1, 0.15) is 17.3 Å². The summed E-state index contributed by atoms with van der Waals surface area (Å²) in [6.07, 6.45) is 0.512. The molecule has 0 unspecified atom stereocenters. The second-order valence-corrected chi connectivity index (χ2v) is 8.67. The van der Waals surface area contributed by atoms with E-state index in [1.807, 2.05) is 0 Å². The fourth-order valence-electron chi connectivity index (χ4n) is 2.38. The van der Waals surface area contributed by atoms with E-state index in [1.54, 1.807) is 25.1 Å². The highest BCUT2D eigenvalue weighted by Gasteiger charge is 2.15. The molecule has 9 heteroatoms. The quantitative estimate of drug-likeness (QED) is 0.772. The maximum Gasteiger partial charge on any atom is 0.178 e. The maximum absolute atomic E-state index is 11.9. The summed E-state index contributed by atoms with van der Waals surface area (Å²) in [6.45, 7) is 1.86. The smallest absolute Gasteiger partial charge is 0.178 e. The van der Waals surface area contributed by atoms with Crippen LogP contribution >= 0.6 is 23.2 Å². The fourth-order valence-corrected chi connectivity index (χ4v) is 3.81. The van der Waals surface area contributed by atoms with Gasteiger partial charge in [0.25, 0.3) is 0 Å². The fraction of sp³-hybridized carbons (Fsp3) is 0.235. The molecule has 1 heterocycles. The SMILES string of the molecule is CCS(=O)(=O)c1ccc(Oc2cc(Cl)cc(CC3=NCON3)c2)c(Cl)c1. The Bertz CT molecular complexity index is 961. The summed E-state index contributed by atoms with van der Waals surface area (Å²) in [7, 11) is -3.33. The predicted molar refractivity (Wildman–Crippen MR) is 101 cm³/mol. The lowest BCUT2D eigenvalue weighted by Crippen LogP contribution is -2.18. The molecule has 3 rings (SSSR count). The van der Waals surface area contributed by atoms with Gasteiger partial charge in [-0.2, -0.15) is 0 Å². The minimum Gasteiger partial charge on any atom is -0.456 e. The number of ether oxygens (including phenoxy) is 1. The van der Waals surface area contributed by atoms with Crippen LogP contribution in [0.2, 0.25) is 10.0 Å². The van der Waals surface area contributed by atoms with E-state index in [0.29, 0.717) is 28.8 Å². The van der Waals surface area contributed by atoms with E-state index in [2.05, 4.69) is 10.5 Å². The van der Waals surface area contributed by atoms with Crippen molar-refractivity contribution in [1.29, 1.82) is 0 Å². The molecule has 0 spiro atoms. The van der Waals surface area contributed by atoms with E-state index < -0.39 is 9.84 Å². The molecule has 0 fully saturated rings. The molecule has 0 aliphatic carbocycles. The topological polar surface area (TPSA) is 77.0 Å². The number of rotatable bonds is 6. The number of benzene rings is 2. The van der Waals surface area contributed by atoms with Crippen LogP contribution < -0.4 is 10.2 Å². The Morgan fingerprint density at radius 1 is 1.23 bits per heavy atom. The van der Waals surface area contributed by atoms with E-state index in [0.717, 1.165) is 5.56 Å². The number of halogens is 2. The van der Waals surface area contributed by atoms with Gasteiger partial charge in [-0.15, -0.1) is 0 Å². The zero-order valence-corrected chi connectivity index (χ0v) is 16.2. The number of sulfone groups is 1. The Morgan fingerprint density at radius 3 is 2.69 bits per heavy atom. The lowest BCUT2D eigenvalue weighted by Gasteiger charge is -2.11. The van der Waals surface area contributed by atoms with Gasteiger partial charge in [-0.25, -0.2) is 13.4 Å². The van der Waals surface area contributed by atoms with Gasteiger partial charge in [-0.05, 0) is 42.0 Å². The molecule has 138 valence electrons. The zero-order chi connectivity index (χ0) is 18.7. The molecule has 2 aromatic carbocycles. The lowest BCUT2D eigenvalue weighted by molar-refractivity contribution is 0.114. The second kappa shape index (κ2) is 7.84. The van der Waals surface area contributed by atoms with Gasteiger partial charge in [0.2, 0.25) is 0 Å². The standard InChI is InChI=1S/C17H16Cl2N2O4S/c1-2-26(22,23)14-3-4-16(15(19)9-14)25-13-6-11(5-12(18)8-13)7-17-20-10-24-21-17/h3-6,8-9H,2,7,10H2,1H3,(H,20,21). The van der Waals surface area contributed by atoms with E-state index in [1.165, 1.54) is 18.2 Å². The van der Waals surface area contributed by atoms with Gasteiger partial charge >= 0.3 is 0 Å². The van der Waals surface area contributed by atoms with Crippen molar-refractivity contribution in [3.8, 4) is 11.5 Å². The first-order chi connectivity index (χ1) is 12.4. The van der Waals surface area contributed by atoms with Crippen LogP contribution in [-0.4, -0.2) is 26.7 Å². The van der Waals surface area contributed by atoms with E-state index in [4.69, 9.17) is 32.8 Å². The molecule has 0 saturated carbocycles. The van der Waals surface area contributed by atoms with Crippen LogP contribution in [0.25, 0.3) is 0 Å². The average molecular weight is 415 g/mol. The van der Waals surface area contributed by atoms with E-state index in [9.17, 15) is 8.42 Å². The summed E-state index contributed by atoms with van der Waals surface area (Å²) in [5, 5.41) is 0.703. The Labute approximate surface area is 161 Å². The van der Waals surface area contributed by atoms with Crippen LogP contribution in [0.15, 0.2) is 46.3 Å². The molecule has 26 heavy (non-hydrogen) atoms.